The minimum absolute atomic E-state index is 0.231. The van der Waals surface area contributed by atoms with Crippen molar-refractivity contribution in [1.82, 2.24) is 4.90 Å². The van der Waals surface area contributed by atoms with Crippen molar-refractivity contribution >= 4 is 23.5 Å². The van der Waals surface area contributed by atoms with Crippen LogP contribution in [0.2, 0.25) is 0 Å². The smallest absolute Gasteiger partial charge is 0.339 e. The Hall–Kier alpha value is -3.15. The molecule has 0 aliphatic heterocycles. The van der Waals surface area contributed by atoms with Crippen LogP contribution >= 0.6 is 0 Å². The molecule has 2 aromatic rings. The molecule has 2 rings (SSSR count). The van der Waals surface area contributed by atoms with Crippen molar-refractivity contribution in [2.24, 2.45) is 5.41 Å². The molecule has 2 aromatic carbocycles. The number of hydrogen-bond acceptors (Lipinski definition) is 4. The summed E-state index contributed by atoms with van der Waals surface area (Å²) in [6, 6.07) is 16.1. The zero-order valence-corrected chi connectivity index (χ0v) is 16.0. The van der Waals surface area contributed by atoms with Gasteiger partial charge in [0.05, 0.1) is 18.4 Å². The molecule has 2 amide bonds. The molecule has 6 heteroatoms. The van der Waals surface area contributed by atoms with Crippen molar-refractivity contribution in [2.75, 3.05) is 19.5 Å². The van der Waals surface area contributed by atoms with Crippen LogP contribution in [0.25, 0.3) is 0 Å². The first-order valence-corrected chi connectivity index (χ1v) is 8.55. The minimum atomic E-state index is -1.31. The van der Waals surface area contributed by atoms with E-state index in [0.717, 1.165) is 5.56 Å². The second-order valence-electron chi connectivity index (χ2n) is 6.76. The fourth-order valence-electron chi connectivity index (χ4n) is 2.66. The fourth-order valence-corrected chi connectivity index (χ4v) is 2.66. The highest BCUT2D eigenvalue weighted by Gasteiger charge is 2.38. The Morgan fingerprint density at radius 1 is 1.00 bits per heavy atom. The van der Waals surface area contributed by atoms with E-state index in [9.17, 15) is 14.4 Å². The van der Waals surface area contributed by atoms with Crippen LogP contribution in [0, 0.1) is 5.41 Å². The third-order valence-corrected chi connectivity index (χ3v) is 4.29. The number of ether oxygens (including phenoxy) is 1. The number of methoxy groups -OCH3 is 1. The minimum Gasteiger partial charge on any atom is -0.465 e. The summed E-state index contributed by atoms with van der Waals surface area (Å²) in [5.41, 5.74) is 0.197. The lowest BCUT2D eigenvalue weighted by atomic mass is 9.90. The van der Waals surface area contributed by atoms with Gasteiger partial charge < -0.3 is 15.0 Å². The van der Waals surface area contributed by atoms with Gasteiger partial charge in [-0.25, -0.2) is 4.79 Å². The van der Waals surface area contributed by atoms with Crippen LogP contribution in [0.1, 0.15) is 29.8 Å². The molecule has 0 bridgehead atoms. The third kappa shape index (κ3) is 4.73. The van der Waals surface area contributed by atoms with E-state index in [1.807, 2.05) is 30.3 Å². The topological polar surface area (TPSA) is 75.7 Å². The number of carbonyl (C=O) groups excluding carboxylic acids is 3. The summed E-state index contributed by atoms with van der Waals surface area (Å²) in [6.07, 6.45) is 0. The van der Waals surface area contributed by atoms with Gasteiger partial charge >= 0.3 is 5.97 Å². The zero-order valence-electron chi connectivity index (χ0n) is 16.0. The molecular weight excluding hydrogens is 344 g/mol. The molecule has 1 N–H and O–H groups in total. The lowest BCUT2D eigenvalue weighted by Crippen LogP contribution is -2.45. The van der Waals surface area contributed by atoms with Gasteiger partial charge in [0.25, 0.3) is 0 Å². The molecule has 27 heavy (non-hydrogen) atoms. The van der Waals surface area contributed by atoms with Gasteiger partial charge in [-0.15, -0.1) is 0 Å². The first kappa shape index (κ1) is 20.2. The van der Waals surface area contributed by atoms with Crippen LogP contribution < -0.4 is 5.32 Å². The fraction of sp³-hybridized carbons (Fsp3) is 0.286. The number of rotatable bonds is 6. The summed E-state index contributed by atoms with van der Waals surface area (Å²) in [5.74, 6) is -1.38. The van der Waals surface area contributed by atoms with E-state index in [1.165, 1.54) is 12.0 Å². The molecule has 0 radical (unpaired) electrons. The first-order chi connectivity index (χ1) is 12.8. The highest BCUT2D eigenvalue weighted by molar-refractivity contribution is 6.11. The number of esters is 1. The molecule has 0 saturated heterocycles. The highest BCUT2D eigenvalue weighted by atomic mass is 16.5. The second kappa shape index (κ2) is 8.49. The number of amides is 2. The molecule has 0 heterocycles. The van der Waals surface area contributed by atoms with Crippen molar-refractivity contribution in [3.05, 3.63) is 65.7 Å². The summed E-state index contributed by atoms with van der Waals surface area (Å²) < 4.78 is 4.73. The van der Waals surface area contributed by atoms with Crippen LogP contribution in [-0.2, 0) is 20.9 Å². The Balaban J connectivity index is 2.15. The van der Waals surface area contributed by atoms with Crippen LogP contribution in [-0.4, -0.2) is 36.8 Å². The highest BCUT2D eigenvalue weighted by Crippen LogP contribution is 2.24. The van der Waals surface area contributed by atoms with Crippen LogP contribution in [0.15, 0.2) is 54.6 Å². The largest absolute Gasteiger partial charge is 0.465 e. The van der Waals surface area contributed by atoms with Crippen molar-refractivity contribution in [3.8, 4) is 0 Å². The van der Waals surface area contributed by atoms with Crippen LogP contribution in [0.5, 0.6) is 0 Å². The van der Waals surface area contributed by atoms with E-state index in [2.05, 4.69) is 5.32 Å². The van der Waals surface area contributed by atoms with Crippen molar-refractivity contribution in [2.45, 2.75) is 20.4 Å². The standard InChI is InChI=1S/C21H24N2O4/c1-21(2,20(26)23(3)14-15-10-6-5-7-11-15)19(25)22-17-13-9-8-12-16(17)18(24)27-4/h5-13H,14H2,1-4H3,(H,22,25). The van der Waals surface area contributed by atoms with E-state index >= 15 is 0 Å². The molecule has 0 aliphatic rings. The SMILES string of the molecule is COC(=O)c1ccccc1NC(=O)C(C)(C)C(=O)N(C)Cc1ccccc1. The van der Waals surface area contributed by atoms with Crippen LogP contribution in [0.4, 0.5) is 5.69 Å². The molecule has 0 unspecified atom stereocenters. The number of benzene rings is 2. The summed E-state index contributed by atoms with van der Waals surface area (Å²) in [5, 5.41) is 2.68. The zero-order chi connectivity index (χ0) is 20.0. The first-order valence-electron chi connectivity index (χ1n) is 8.55. The van der Waals surface area contributed by atoms with Crippen molar-refractivity contribution in [3.63, 3.8) is 0 Å². The van der Waals surface area contributed by atoms with E-state index in [-0.39, 0.29) is 11.5 Å². The van der Waals surface area contributed by atoms with Crippen molar-refractivity contribution in [1.29, 1.82) is 0 Å². The van der Waals surface area contributed by atoms with Gasteiger partial charge in [-0.3, -0.25) is 9.59 Å². The predicted octanol–water partition coefficient (Wildman–Crippen LogP) is 3.10. The van der Waals surface area contributed by atoms with Gasteiger partial charge in [-0.05, 0) is 31.5 Å². The Morgan fingerprint density at radius 2 is 1.59 bits per heavy atom. The van der Waals surface area contributed by atoms with E-state index in [0.29, 0.717) is 12.2 Å². The van der Waals surface area contributed by atoms with Gasteiger partial charge in [0.15, 0.2) is 0 Å². The van der Waals surface area contributed by atoms with Crippen LogP contribution in [0.3, 0.4) is 0 Å². The molecule has 0 spiro atoms. The quantitative estimate of drug-likeness (QED) is 0.628. The Labute approximate surface area is 159 Å². The third-order valence-electron chi connectivity index (χ3n) is 4.29. The number of hydrogen-bond donors (Lipinski definition) is 1. The summed E-state index contributed by atoms with van der Waals surface area (Å²) in [6.45, 7) is 3.52. The maximum atomic E-state index is 12.8. The summed E-state index contributed by atoms with van der Waals surface area (Å²) in [7, 11) is 2.93. The van der Waals surface area contributed by atoms with Gasteiger partial charge in [0.2, 0.25) is 11.8 Å². The molecule has 0 atom stereocenters. The molecule has 0 fully saturated rings. The monoisotopic (exact) mass is 368 g/mol. The normalized spacial score (nSPS) is 10.8. The molecule has 0 saturated carbocycles. The summed E-state index contributed by atoms with van der Waals surface area (Å²) >= 11 is 0. The molecule has 142 valence electrons. The number of carbonyl (C=O) groups is 3. The Bertz CT molecular complexity index is 831. The average molecular weight is 368 g/mol. The van der Waals surface area contributed by atoms with E-state index in [4.69, 9.17) is 4.74 Å². The van der Waals surface area contributed by atoms with Crippen molar-refractivity contribution < 1.29 is 19.1 Å². The average Bonchev–Trinajstić information content (AvgIpc) is 2.67. The molecular formula is C21H24N2O4. The molecule has 0 aromatic heterocycles. The van der Waals surface area contributed by atoms with E-state index in [1.54, 1.807) is 45.2 Å². The molecule has 6 nitrogen and oxygen atoms in total. The Morgan fingerprint density at radius 3 is 2.22 bits per heavy atom. The molecule has 0 aliphatic carbocycles. The maximum Gasteiger partial charge on any atom is 0.339 e. The van der Waals surface area contributed by atoms with Gasteiger partial charge in [-0.2, -0.15) is 0 Å². The lowest BCUT2D eigenvalue weighted by Gasteiger charge is -2.28. The van der Waals surface area contributed by atoms with Gasteiger partial charge in [-0.1, -0.05) is 42.5 Å². The lowest BCUT2D eigenvalue weighted by molar-refractivity contribution is -0.145. The van der Waals surface area contributed by atoms with Gasteiger partial charge in [0.1, 0.15) is 5.41 Å². The Kier molecular flexibility index (Phi) is 6.34. The van der Waals surface area contributed by atoms with Gasteiger partial charge in [0, 0.05) is 13.6 Å². The predicted molar refractivity (Wildman–Crippen MR) is 103 cm³/mol. The number of anilines is 1. The number of nitrogens with one attached hydrogen (secondary N) is 1. The van der Waals surface area contributed by atoms with E-state index < -0.39 is 17.3 Å². The number of para-hydroxylation sites is 1. The summed E-state index contributed by atoms with van der Waals surface area (Å²) in [4.78, 5) is 39.0. The second-order valence-corrected chi connectivity index (χ2v) is 6.76. The number of nitrogens with zero attached hydrogens (tertiary/aromatic N) is 1. The maximum absolute atomic E-state index is 12.8.